The normalized spacial score (nSPS) is 11.9. The van der Waals surface area contributed by atoms with Crippen LogP contribution in [0.5, 0.6) is 0 Å². The molecule has 6 heteroatoms. The molecule has 1 aromatic heterocycles. The first kappa shape index (κ1) is 14.0. The van der Waals surface area contributed by atoms with E-state index in [2.05, 4.69) is 4.98 Å². The lowest BCUT2D eigenvalue weighted by molar-refractivity contribution is -0.141. The smallest absolute Gasteiger partial charge is 0.308 e. The summed E-state index contributed by atoms with van der Waals surface area (Å²) in [6.07, 6.45) is 1.39. The van der Waals surface area contributed by atoms with Crippen LogP contribution in [-0.2, 0) is 4.79 Å². The van der Waals surface area contributed by atoms with E-state index in [-0.39, 0.29) is 23.6 Å². The highest BCUT2D eigenvalue weighted by molar-refractivity contribution is 5.94. The number of hydrogen-bond acceptors (Lipinski definition) is 3. The Labute approximate surface area is 104 Å². The predicted octanol–water partition coefficient (Wildman–Crippen LogP) is 0.558. The van der Waals surface area contributed by atoms with E-state index in [1.165, 1.54) is 30.2 Å². The van der Waals surface area contributed by atoms with Crippen molar-refractivity contribution in [1.29, 1.82) is 0 Å². The van der Waals surface area contributed by atoms with Crippen molar-refractivity contribution in [1.82, 2.24) is 9.88 Å². The Morgan fingerprint density at radius 1 is 1.50 bits per heavy atom. The molecular weight excluding hydrogens is 236 g/mol. The monoisotopic (exact) mass is 252 g/mol. The third kappa shape index (κ3) is 3.44. The third-order valence-electron chi connectivity index (χ3n) is 2.61. The van der Waals surface area contributed by atoms with Crippen molar-refractivity contribution in [3.8, 4) is 0 Å². The molecule has 1 aromatic rings. The second kappa shape index (κ2) is 6.00. The van der Waals surface area contributed by atoms with Crippen LogP contribution in [0.4, 0.5) is 0 Å². The molecule has 0 fully saturated rings. The molecule has 0 saturated heterocycles. The van der Waals surface area contributed by atoms with Crippen molar-refractivity contribution < 1.29 is 14.7 Å². The summed E-state index contributed by atoms with van der Waals surface area (Å²) in [7, 11) is 0. The minimum absolute atomic E-state index is 0.122. The average molecular weight is 252 g/mol. The van der Waals surface area contributed by atoms with Gasteiger partial charge in [0.2, 0.25) is 5.56 Å². The lowest BCUT2D eigenvalue weighted by Crippen LogP contribution is -2.37. The first-order chi connectivity index (χ1) is 8.45. The minimum atomic E-state index is -0.952. The van der Waals surface area contributed by atoms with E-state index in [0.717, 1.165) is 0 Å². The summed E-state index contributed by atoms with van der Waals surface area (Å²) in [4.78, 5) is 37.8. The summed E-state index contributed by atoms with van der Waals surface area (Å²) in [5, 5.41) is 8.83. The average Bonchev–Trinajstić information content (AvgIpc) is 2.34. The molecule has 0 aliphatic carbocycles. The molecule has 0 aromatic carbocycles. The molecule has 0 saturated carbocycles. The third-order valence-corrected chi connectivity index (χ3v) is 2.61. The molecule has 0 aliphatic heterocycles. The maximum Gasteiger partial charge on any atom is 0.308 e. The lowest BCUT2D eigenvalue weighted by atomic mass is 10.1. The number of amides is 1. The van der Waals surface area contributed by atoms with Gasteiger partial charge in [-0.05, 0) is 13.0 Å². The van der Waals surface area contributed by atoms with Crippen molar-refractivity contribution in [3.63, 3.8) is 0 Å². The zero-order chi connectivity index (χ0) is 13.7. The van der Waals surface area contributed by atoms with Gasteiger partial charge in [-0.25, -0.2) is 0 Å². The van der Waals surface area contributed by atoms with E-state index in [1.807, 2.05) is 0 Å². The minimum Gasteiger partial charge on any atom is -0.481 e. The number of nitrogens with one attached hydrogen (secondary N) is 1. The number of H-pyrrole nitrogens is 1. The van der Waals surface area contributed by atoms with Crippen LogP contribution in [0, 0.1) is 5.92 Å². The van der Waals surface area contributed by atoms with Gasteiger partial charge in [-0.3, -0.25) is 14.4 Å². The van der Waals surface area contributed by atoms with Crippen LogP contribution >= 0.6 is 0 Å². The van der Waals surface area contributed by atoms with Gasteiger partial charge < -0.3 is 15.0 Å². The summed E-state index contributed by atoms with van der Waals surface area (Å²) >= 11 is 0. The number of carboxylic acid groups (broad SMARTS) is 1. The highest BCUT2D eigenvalue weighted by atomic mass is 16.4. The number of carbonyl (C=O) groups is 2. The van der Waals surface area contributed by atoms with Crippen molar-refractivity contribution in [2.45, 2.75) is 13.8 Å². The molecule has 18 heavy (non-hydrogen) atoms. The Balaban J connectivity index is 2.86. The van der Waals surface area contributed by atoms with Crippen molar-refractivity contribution >= 4 is 11.9 Å². The van der Waals surface area contributed by atoms with Gasteiger partial charge in [-0.15, -0.1) is 0 Å². The standard InChI is InChI=1S/C12H16N2O4/c1-3-14(7-8(2)12(17)18)11(16)9-4-5-13-10(15)6-9/h4-6,8H,3,7H2,1-2H3,(H,13,15)(H,17,18). The molecule has 6 nitrogen and oxygen atoms in total. The van der Waals surface area contributed by atoms with Crippen molar-refractivity contribution in [3.05, 3.63) is 34.2 Å². The van der Waals surface area contributed by atoms with E-state index >= 15 is 0 Å². The molecule has 1 heterocycles. The topological polar surface area (TPSA) is 90.5 Å². The summed E-state index contributed by atoms with van der Waals surface area (Å²) in [6, 6.07) is 2.70. The highest BCUT2D eigenvalue weighted by Crippen LogP contribution is 2.06. The van der Waals surface area contributed by atoms with Gasteiger partial charge in [0.25, 0.3) is 5.91 Å². The molecular formula is C12H16N2O4. The van der Waals surface area contributed by atoms with Gasteiger partial charge in [0.1, 0.15) is 0 Å². The molecule has 0 radical (unpaired) electrons. The summed E-state index contributed by atoms with van der Waals surface area (Å²) < 4.78 is 0. The Morgan fingerprint density at radius 3 is 2.67 bits per heavy atom. The number of hydrogen-bond donors (Lipinski definition) is 2. The second-order valence-corrected chi connectivity index (χ2v) is 4.02. The first-order valence-corrected chi connectivity index (χ1v) is 5.66. The predicted molar refractivity (Wildman–Crippen MR) is 65.4 cm³/mol. The highest BCUT2D eigenvalue weighted by Gasteiger charge is 2.20. The van der Waals surface area contributed by atoms with E-state index < -0.39 is 11.9 Å². The van der Waals surface area contributed by atoms with Gasteiger partial charge in [-0.1, -0.05) is 6.92 Å². The Hall–Kier alpha value is -2.11. The molecule has 0 spiro atoms. The zero-order valence-corrected chi connectivity index (χ0v) is 10.3. The Bertz CT molecular complexity index is 495. The summed E-state index contributed by atoms with van der Waals surface area (Å²) in [5.41, 5.74) is -0.0959. The first-order valence-electron chi connectivity index (χ1n) is 5.66. The molecule has 1 rings (SSSR count). The number of aliphatic carboxylic acids is 1. The van der Waals surface area contributed by atoms with Crippen LogP contribution in [0.2, 0.25) is 0 Å². The maximum absolute atomic E-state index is 12.1. The largest absolute Gasteiger partial charge is 0.481 e. The Morgan fingerprint density at radius 2 is 2.17 bits per heavy atom. The maximum atomic E-state index is 12.1. The summed E-state index contributed by atoms with van der Waals surface area (Å²) in [6.45, 7) is 3.82. The summed E-state index contributed by atoms with van der Waals surface area (Å²) in [5.74, 6) is -1.93. The van der Waals surface area contributed by atoms with Crippen molar-refractivity contribution in [2.75, 3.05) is 13.1 Å². The van der Waals surface area contributed by atoms with Crippen LogP contribution in [0.25, 0.3) is 0 Å². The van der Waals surface area contributed by atoms with Crippen LogP contribution in [0.15, 0.2) is 23.1 Å². The number of nitrogens with zero attached hydrogens (tertiary/aromatic N) is 1. The van der Waals surface area contributed by atoms with Crippen LogP contribution < -0.4 is 5.56 Å². The van der Waals surface area contributed by atoms with Gasteiger partial charge in [0.15, 0.2) is 0 Å². The number of carboxylic acids is 1. The van der Waals surface area contributed by atoms with Gasteiger partial charge >= 0.3 is 5.97 Å². The van der Waals surface area contributed by atoms with Gasteiger partial charge in [0.05, 0.1) is 5.92 Å². The fraction of sp³-hybridized carbons (Fsp3) is 0.417. The molecule has 0 aliphatic rings. The van der Waals surface area contributed by atoms with E-state index in [1.54, 1.807) is 6.92 Å². The molecule has 1 unspecified atom stereocenters. The number of carbonyl (C=O) groups excluding carboxylic acids is 1. The number of pyridine rings is 1. The number of aromatic amines is 1. The zero-order valence-electron chi connectivity index (χ0n) is 10.3. The van der Waals surface area contributed by atoms with E-state index in [0.29, 0.717) is 6.54 Å². The second-order valence-electron chi connectivity index (χ2n) is 4.02. The van der Waals surface area contributed by atoms with Crippen LogP contribution in [-0.4, -0.2) is 40.0 Å². The van der Waals surface area contributed by atoms with E-state index in [4.69, 9.17) is 5.11 Å². The van der Waals surface area contributed by atoms with Gasteiger partial charge in [-0.2, -0.15) is 0 Å². The van der Waals surface area contributed by atoms with Crippen LogP contribution in [0.1, 0.15) is 24.2 Å². The molecule has 98 valence electrons. The quantitative estimate of drug-likeness (QED) is 0.801. The Kier molecular flexibility index (Phi) is 4.65. The molecule has 1 atom stereocenters. The van der Waals surface area contributed by atoms with Crippen molar-refractivity contribution in [2.24, 2.45) is 5.92 Å². The van der Waals surface area contributed by atoms with E-state index in [9.17, 15) is 14.4 Å². The molecule has 2 N–H and O–H groups in total. The molecule has 0 bridgehead atoms. The fourth-order valence-corrected chi connectivity index (χ4v) is 1.52. The fourth-order valence-electron chi connectivity index (χ4n) is 1.52. The number of aromatic nitrogens is 1. The lowest BCUT2D eigenvalue weighted by Gasteiger charge is -2.22. The molecule has 1 amide bonds. The van der Waals surface area contributed by atoms with Crippen LogP contribution in [0.3, 0.4) is 0 Å². The SMILES string of the molecule is CCN(CC(C)C(=O)O)C(=O)c1cc[nH]c(=O)c1. The van der Waals surface area contributed by atoms with Gasteiger partial charge in [0, 0.05) is 30.9 Å². The number of rotatable bonds is 5.